The lowest BCUT2D eigenvalue weighted by Gasteiger charge is -2.32. The molecule has 0 atom stereocenters. The van der Waals surface area contributed by atoms with Crippen molar-refractivity contribution >= 4 is 44.8 Å². The van der Waals surface area contributed by atoms with E-state index in [2.05, 4.69) is 14.3 Å². The molecular formula is C21H20Cl2N4O3S. The Labute approximate surface area is 190 Å². The first-order chi connectivity index (χ1) is 14.8. The number of nitrogens with zero attached hydrogens (tertiary/aromatic N) is 3. The maximum atomic E-state index is 12.8. The molecule has 4 rings (SSSR count). The maximum absolute atomic E-state index is 12.8. The van der Waals surface area contributed by atoms with Crippen LogP contribution in [0, 0.1) is 0 Å². The van der Waals surface area contributed by atoms with E-state index in [4.69, 9.17) is 23.2 Å². The molecule has 0 spiro atoms. The number of benzene rings is 2. The van der Waals surface area contributed by atoms with Gasteiger partial charge in [0.1, 0.15) is 4.90 Å². The van der Waals surface area contributed by atoms with E-state index in [0.717, 1.165) is 12.8 Å². The summed E-state index contributed by atoms with van der Waals surface area (Å²) in [5.41, 5.74) is 0.830. The molecule has 7 nitrogen and oxygen atoms in total. The number of anilines is 1. The van der Waals surface area contributed by atoms with Gasteiger partial charge in [0.15, 0.2) is 0 Å². The number of nitrogens with one attached hydrogen (secondary N) is 1. The van der Waals surface area contributed by atoms with Crippen molar-refractivity contribution in [2.45, 2.75) is 23.8 Å². The molecule has 1 fully saturated rings. The highest BCUT2D eigenvalue weighted by Gasteiger charge is 2.24. The molecule has 1 saturated heterocycles. The fourth-order valence-corrected chi connectivity index (χ4v) is 5.43. The molecule has 0 unspecified atom stereocenters. The first kappa shape index (κ1) is 21.7. The Morgan fingerprint density at radius 2 is 1.77 bits per heavy atom. The number of likely N-dealkylation sites (tertiary alicyclic amines) is 1. The van der Waals surface area contributed by atoms with Crippen LogP contribution in [0.2, 0.25) is 10.0 Å². The molecule has 31 heavy (non-hydrogen) atoms. The predicted molar refractivity (Wildman–Crippen MR) is 120 cm³/mol. The zero-order valence-corrected chi connectivity index (χ0v) is 18.7. The topological polar surface area (TPSA) is 84.3 Å². The van der Waals surface area contributed by atoms with Gasteiger partial charge in [0.05, 0.1) is 11.3 Å². The van der Waals surface area contributed by atoms with Gasteiger partial charge >= 0.3 is 0 Å². The average molecular weight is 479 g/mol. The second-order valence-electron chi connectivity index (χ2n) is 7.29. The molecule has 162 valence electrons. The van der Waals surface area contributed by atoms with Gasteiger partial charge in [-0.05, 0) is 55.3 Å². The standard InChI is InChI=1S/C21H20Cl2N4O3S/c22-16-3-6-19(23)20(13-16)31(29,30)25-17-4-1-15(2-5-17)21(28)26-10-7-18(8-11-26)27-12-9-24-14-27/h1-6,9,12-14,18,25H,7-8,10-11H2. The van der Waals surface area contributed by atoms with Crippen molar-refractivity contribution < 1.29 is 13.2 Å². The van der Waals surface area contributed by atoms with Crippen LogP contribution >= 0.6 is 23.2 Å². The Balaban J connectivity index is 1.41. The number of hydrogen-bond acceptors (Lipinski definition) is 4. The van der Waals surface area contributed by atoms with E-state index in [1.54, 1.807) is 36.8 Å². The van der Waals surface area contributed by atoms with Crippen LogP contribution in [0.25, 0.3) is 0 Å². The Morgan fingerprint density at radius 3 is 2.42 bits per heavy atom. The summed E-state index contributed by atoms with van der Waals surface area (Å²) in [7, 11) is -3.92. The molecule has 1 aliphatic rings. The molecule has 2 heterocycles. The van der Waals surface area contributed by atoms with Crippen LogP contribution in [0.3, 0.4) is 0 Å². The zero-order valence-electron chi connectivity index (χ0n) is 16.4. The number of rotatable bonds is 5. The van der Waals surface area contributed by atoms with Gasteiger partial charge in [-0.1, -0.05) is 23.2 Å². The summed E-state index contributed by atoms with van der Waals surface area (Å²) in [6.07, 6.45) is 7.23. The fourth-order valence-electron chi connectivity index (χ4n) is 3.61. The van der Waals surface area contributed by atoms with E-state index in [-0.39, 0.29) is 20.8 Å². The minimum atomic E-state index is -3.92. The van der Waals surface area contributed by atoms with Crippen LogP contribution in [0.1, 0.15) is 29.2 Å². The van der Waals surface area contributed by atoms with Crippen LogP contribution in [0.4, 0.5) is 5.69 Å². The van der Waals surface area contributed by atoms with Gasteiger partial charge in [0.2, 0.25) is 0 Å². The number of sulfonamides is 1. The molecule has 0 saturated carbocycles. The lowest BCUT2D eigenvalue weighted by Crippen LogP contribution is -2.38. The highest BCUT2D eigenvalue weighted by molar-refractivity contribution is 7.92. The summed E-state index contributed by atoms with van der Waals surface area (Å²) in [5, 5.41) is 0.338. The maximum Gasteiger partial charge on any atom is 0.263 e. The lowest BCUT2D eigenvalue weighted by molar-refractivity contribution is 0.0694. The van der Waals surface area contributed by atoms with Crippen LogP contribution in [-0.4, -0.2) is 41.9 Å². The highest BCUT2D eigenvalue weighted by atomic mass is 35.5. The van der Waals surface area contributed by atoms with Gasteiger partial charge < -0.3 is 9.47 Å². The summed E-state index contributed by atoms with van der Waals surface area (Å²) in [6.45, 7) is 1.31. The van der Waals surface area contributed by atoms with Gasteiger partial charge in [0.25, 0.3) is 15.9 Å². The van der Waals surface area contributed by atoms with E-state index in [0.29, 0.717) is 30.4 Å². The molecule has 1 aromatic heterocycles. The normalized spacial score (nSPS) is 15.1. The minimum Gasteiger partial charge on any atom is -0.338 e. The van der Waals surface area contributed by atoms with Crippen LogP contribution in [-0.2, 0) is 10.0 Å². The summed E-state index contributed by atoms with van der Waals surface area (Å²) < 4.78 is 29.8. The van der Waals surface area contributed by atoms with E-state index < -0.39 is 10.0 Å². The minimum absolute atomic E-state index is 0.0720. The van der Waals surface area contributed by atoms with Gasteiger partial charge in [-0.2, -0.15) is 0 Å². The third-order valence-corrected chi connectivity index (χ3v) is 7.36. The van der Waals surface area contributed by atoms with Crippen molar-refractivity contribution in [1.82, 2.24) is 14.5 Å². The van der Waals surface area contributed by atoms with Crippen LogP contribution < -0.4 is 4.72 Å². The average Bonchev–Trinajstić information content (AvgIpc) is 3.30. The Bertz CT molecular complexity index is 1170. The van der Waals surface area contributed by atoms with E-state index in [9.17, 15) is 13.2 Å². The molecule has 1 amide bonds. The highest BCUT2D eigenvalue weighted by Crippen LogP contribution is 2.27. The lowest BCUT2D eigenvalue weighted by atomic mass is 10.0. The largest absolute Gasteiger partial charge is 0.338 e. The Hall–Kier alpha value is -2.55. The third-order valence-electron chi connectivity index (χ3n) is 5.27. The van der Waals surface area contributed by atoms with E-state index >= 15 is 0 Å². The number of imidazole rings is 1. The number of carbonyl (C=O) groups is 1. The molecule has 1 N–H and O–H groups in total. The smallest absolute Gasteiger partial charge is 0.263 e. The molecule has 1 aliphatic heterocycles. The number of piperidine rings is 1. The van der Waals surface area contributed by atoms with Gasteiger partial charge in [-0.3, -0.25) is 9.52 Å². The SMILES string of the molecule is O=C(c1ccc(NS(=O)(=O)c2cc(Cl)ccc2Cl)cc1)N1CCC(n2ccnc2)CC1. The molecule has 0 radical (unpaired) electrons. The summed E-state index contributed by atoms with van der Waals surface area (Å²) in [5.74, 6) is -0.0728. The van der Waals surface area contributed by atoms with Crippen molar-refractivity contribution in [1.29, 1.82) is 0 Å². The van der Waals surface area contributed by atoms with E-state index in [1.165, 1.54) is 18.2 Å². The number of amides is 1. The quantitative estimate of drug-likeness (QED) is 0.586. The zero-order chi connectivity index (χ0) is 22.0. The first-order valence-corrected chi connectivity index (χ1v) is 11.9. The van der Waals surface area contributed by atoms with Crippen molar-refractivity contribution in [2.75, 3.05) is 17.8 Å². The van der Waals surface area contributed by atoms with Crippen molar-refractivity contribution in [3.63, 3.8) is 0 Å². The first-order valence-electron chi connectivity index (χ1n) is 9.68. The molecule has 10 heteroatoms. The summed E-state index contributed by atoms with van der Waals surface area (Å²) in [4.78, 5) is 18.6. The molecule has 3 aromatic rings. The predicted octanol–water partition coefficient (Wildman–Crippen LogP) is 4.47. The van der Waals surface area contributed by atoms with Crippen molar-refractivity contribution in [3.05, 3.63) is 76.8 Å². The molecule has 0 aliphatic carbocycles. The van der Waals surface area contributed by atoms with Crippen LogP contribution in [0.5, 0.6) is 0 Å². The Morgan fingerprint density at radius 1 is 1.06 bits per heavy atom. The molecular weight excluding hydrogens is 459 g/mol. The number of halogens is 2. The third kappa shape index (κ3) is 4.87. The van der Waals surface area contributed by atoms with Crippen LogP contribution in [0.15, 0.2) is 66.1 Å². The second kappa shape index (κ2) is 8.90. The van der Waals surface area contributed by atoms with E-state index in [1.807, 2.05) is 11.1 Å². The second-order valence-corrected chi connectivity index (χ2v) is 9.79. The summed E-state index contributed by atoms with van der Waals surface area (Å²) in [6, 6.07) is 10.9. The number of hydrogen-bond donors (Lipinski definition) is 1. The summed E-state index contributed by atoms with van der Waals surface area (Å²) >= 11 is 11.9. The molecule has 2 aromatic carbocycles. The Kier molecular flexibility index (Phi) is 6.22. The van der Waals surface area contributed by atoms with Crippen molar-refractivity contribution in [3.8, 4) is 0 Å². The van der Waals surface area contributed by atoms with Crippen molar-refractivity contribution in [2.24, 2.45) is 0 Å². The number of carbonyl (C=O) groups excluding carboxylic acids is 1. The fraction of sp³-hybridized carbons (Fsp3) is 0.238. The molecule has 0 bridgehead atoms. The number of aromatic nitrogens is 2. The van der Waals surface area contributed by atoms with Gasteiger partial charge in [-0.15, -0.1) is 0 Å². The monoisotopic (exact) mass is 478 g/mol. The van der Waals surface area contributed by atoms with Gasteiger partial charge in [-0.25, -0.2) is 13.4 Å². The van der Waals surface area contributed by atoms with Gasteiger partial charge in [0, 0.05) is 47.8 Å².